The zero-order valence-electron chi connectivity index (χ0n) is 13.2. The van der Waals surface area contributed by atoms with Crippen LogP contribution in [-0.4, -0.2) is 62.1 Å². The van der Waals surface area contributed by atoms with E-state index in [2.05, 4.69) is 37.6 Å². The van der Waals surface area contributed by atoms with Crippen LogP contribution in [0.3, 0.4) is 0 Å². The molecule has 0 unspecified atom stereocenters. The lowest BCUT2D eigenvalue weighted by atomic mass is 9.85. The first-order chi connectivity index (χ1) is 8.78. The molecule has 0 N–H and O–H groups in total. The standard InChI is InChI=1S/C15H30N2O2/c1-13(12-15(2,3)4)14(18)19-11-10-17-8-6-16(5)7-9-17/h13H,6-12H2,1-5H3/t13-/m0/s1. The van der Waals surface area contributed by atoms with Crippen LogP contribution in [0.25, 0.3) is 0 Å². The molecule has 0 aromatic rings. The third kappa shape index (κ3) is 6.92. The smallest absolute Gasteiger partial charge is 0.308 e. The molecule has 0 bridgehead atoms. The lowest BCUT2D eigenvalue weighted by Gasteiger charge is -2.32. The van der Waals surface area contributed by atoms with Gasteiger partial charge in [-0.15, -0.1) is 0 Å². The predicted molar refractivity (Wildman–Crippen MR) is 78.1 cm³/mol. The molecular weight excluding hydrogens is 240 g/mol. The number of likely N-dealkylation sites (N-methyl/N-ethyl adjacent to an activating group) is 1. The summed E-state index contributed by atoms with van der Waals surface area (Å²) >= 11 is 0. The molecule has 1 atom stereocenters. The molecule has 0 aromatic heterocycles. The van der Waals surface area contributed by atoms with E-state index in [4.69, 9.17) is 4.74 Å². The van der Waals surface area contributed by atoms with Gasteiger partial charge < -0.3 is 9.64 Å². The van der Waals surface area contributed by atoms with Crippen LogP contribution in [0.1, 0.15) is 34.1 Å². The van der Waals surface area contributed by atoms with Crippen molar-refractivity contribution in [2.75, 3.05) is 46.4 Å². The van der Waals surface area contributed by atoms with Gasteiger partial charge >= 0.3 is 5.97 Å². The molecule has 0 aromatic carbocycles. The van der Waals surface area contributed by atoms with Gasteiger partial charge in [-0.3, -0.25) is 9.69 Å². The number of nitrogens with zero attached hydrogens (tertiary/aromatic N) is 2. The first kappa shape index (κ1) is 16.4. The summed E-state index contributed by atoms with van der Waals surface area (Å²) in [6.45, 7) is 14.2. The Morgan fingerprint density at radius 2 is 1.79 bits per heavy atom. The number of carbonyl (C=O) groups excluding carboxylic acids is 1. The van der Waals surface area contributed by atoms with Gasteiger partial charge in [-0.2, -0.15) is 0 Å². The van der Waals surface area contributed by atoms with Crippen molar-refractivity contribution in [1.82, 2.24) is 9.80 Å². The fourth-order valence-electron chi connectivity index (χ4n) is 2.49. The number of piperazine rings is 1. The molecule has 0 saturated carbocycles. The van der Waals surface area contributed by atoms with Crippen molar-refractivity contribution in [2.24, 2.45) is 11.3 Å². The van der Waals surface area contributed by atoms with Crippen molar-refractivity contribution in [3.63, 3.8) is 0 Å². The molecule has 0 amide bonds. The summed E-state index contributed by atoms with van der Waals surface area (Å²) in [4.78, 5) is 16.6. The summed E-state index contributed by atoms with van der Waals surface area (Å²) in [6, 6.07) is 0. The minimum atomic E-state index is -0.0518. The molecule has 4 heteroatoms. The summed E-state index contributed by atoms with van der Waals surface area (Å²) < 4.78 is 5.39. The first-order valence-corrected chi connectivity index (χ1v) is 7.35. The monoisotopic (exact) mass is 270 g/mol. The van der Waals surface area contributed by atoms with Gasteiger partial charge in [0.05, 0.1) is 5.92 Å². The minimum Gasteiger partial charge on any atom is -0.464 e. The first-order valence-electron chi connectivity index (χ1n) is 7.35. The molecule has 4 nitrogen and oxygen atoms in total. The zero-order chi connectivity index (χ0) is 14.5. The Balaban J connectivity index is 2.16. The number of carbonyl (C=O) groups is 1. The molecule has 1 aliphatic rings. The van der Waals surface area contributed by atoms with Crippen LogP contribution in [0.4, 0.5) is 0 Å². The Labute approximate surface area is 118 Å². The average Bonchev–Trinajstić information content (AvgIpc) is 2.29. The maximum Gasteiger partial charge on any atom is 0.308 e. The summed E-state index contributed by atoms with van der Waals surface area (Å²) in [5.74, 6) is -0.0588. The maximum atomic E-state index is 11.9. The highest BCUT2D eigenvalue weighted by molar-refractivity contribution is 5.72. The average molecular weight is 270 g/mol. The molecule has 1 heterocycles. The van der Waals surface area contributed by atoms with Crippen LogP contribution < -0.4 is 0 Å². The highest BCUT2D eigenvalue weighted by Gasteiger charge is 2.22. The molecule has 0 aliphatic carbocycles. The van der Waals surface area contributed by atoms with Gasteiger partial charge in [-0.1, -0.05) is 27.7 Å². The number of rotatable bonds is 5. The Bertz CT molecular complexity index is 278. The van der Waals surface area contributed by atoms with Crippen LogP contribution in [0.15, 0.2) is 0 Å². The van der Waals surface area contributed by atoms with Crippen molar-refractivity contribution in [1.29, 1.82) is 0 Å². The van der Waals surface area contributed by atoms with E-state index in [0.717, 1.165) is 39.1 Å². The van der Waals surface area contributed by atoms with Crippen LogP contribution in [0.5, 0.6) is 0 Å². The largest absolute Gasteiger partial charge is 0.464 e. The highest BCUT2D eigenvalue weighted by atomic mass is 16.5. The highest BCUT2D eigenvalue weighted by Crippen LogP contribution is 2.24. The van der Waals surface area contributed by atoms with Crippen molar-refractivity contribution < 1.29 is 9.53 Å². The van der Waals surface area contributed by atoms with Crippen molar-refractivity contribution >= 4 is 5.97 Å². The SMILES string of the molecule is C[C@@H](CC(C)(C)C)C(=O)OCCN1CCN(C)CC1. The Kier molecular flexibility index (Phi) is 6.27. The van der Waals surface area contributed by atoms with E-state index in [1.54, 1.807) is 0 Å². The van der Waals surface area contributed by atoms with Gasteiger partial charge in [0.15, 0.2) is 0 Å². The van der Waals surface area contributed by atoms with Crippen LogP contribution in [0.2, 0.25) is 0 Å². The Morgan fingerprint density at radius 3 is 2.32 bits per heavy atom. The maximum absolute atomic E-state index is 11.9. The van der Waals surface area contributed by atoms with E-state index < -0.39 is 0 Å². The molecule has 19 heavy (non-hydrogen) atoms. The van der Waals surface area contributed by atoms with Crippen molar-refractivity contribution in [2.45, 2.75) is 34.1 Å². The third-order valence-electron chi connectivity index (χ3n) is 3.57. The normalized spacial score (nSPS) is 20.3. The summed E-state index contributed by atoms with van der Waals surface area (Å²) in [5.41, 5.74) is 0.176. The molecule has 0 spiro atoms. The Morgan fingerprint density at radius 1 is 1.21 bits per heavy atom. The second-order valence-electron chi connectivity index (χ2n) is 6.98. The summed E-state index contributed by atoms with van der Waals surface area (Å²) in [7, 11) is 2.14. The molecular formula is C15H30N2O2. The third-order valence-corrected chi connectivity index (χ3v) is 3.57. The number of ether oxygens (including phenoxy) is 1. The molecule has 0 radical (unpaired) electrons. The van der Waals surface area contributed by atoms with E-state index >= 15 is 0 Å². The quantitative estimate of drug-likeness (QED) is 0.714. The number of esters is 1. The van der Waals surface area contributed by atoms with E-state index in [0.29, 0.717) is 6.61 Å². The fraction of sp³-hybridized carbons (Fsp3) is 0.933. The van der Waals surface area contributed by atoms with E-state index in [-0.39, 0.29) is 17.3 Å². The van der Waals surface area contributed by atoms with Crippen LogP contribution in [-0.2, 0) is 9.53 Å². The predicted octanol–water partition coefficient (Wildman–Crippen LogP) is 1.85. The van der Waals surface area contributed by atoms with Gasteiger partial charge in [0.1, 0.15) is 6.61 Å². The molecule has 1 rings (SSSR count). The molecule has 112 valence electrons. The van der Waals surface area contributed by atoms with E-state index in [1.807, 2.05) is 6.92 Å². The zero-order valence-corrected chi connectivity index (χ0v) is 13.2. The van der Waals surface area contributed by atoms with E-state index in [1.165, 1.54) is 0 Å². The Hall–Kier alpha value is -0.610. The second-order valence-corrected chi connectivity index (χ2v) is 6.98. The van der Waals surface area contributed by atoms with Gasteiger partial charge in [0.25, 0.3) is 0 Å². The van der Waals surface area contributed by atoms with Gasteiger partial charge in [0, 0.05) is 32.7 Å². The topological polar surface area (TPSA) is 32.8 Å². The van der Waals surface area contributed by atoms with Gasteiger partial charge in [-0.25, -0.2) is 0 Å². The van der Waals surface area contributed by atoms with Crippen molar-refractivity contribution in [3.05, 3.63) is 0 Å². The fourth-order valence-corrected chi connectivity index (χ4v) is 2.49. The minimum absolute atomic E-state index is 0.00695. The van der Waals surface area contributed by atoms with Gasteiger partial charge in [-0.05, 0) is 18.9 Å². The second kappa shape index (κ2) is 7.25. The van der Waals surface area contributed by atoms with Crippen LogP contribution in [0, 0.1) is 11.3 Å². The number of hydrogen-bond donors (Lipinski definition) is 0. The van der Waals surface area contributed by atoms with Crippen molar-refractivity contribution in [3.8, 4) is 0 Å². The lowest BCUT2D eigenvalue weighted by Crippen LogP contribution is -2.45. The molecule has 1 aliphatic heterocycles. The number of hydrogen-bond acceptors (Lipinski definition) is 4. The lowest BCUT2D eigenvalue weighted by molar-refractivity contribution is -0.149. The molecule has 1 fully saturated rings. The summed E-state index contributed by atoms with van der Waals surface area (Å²) in [5, 5.41) is 0. The molecule has 1 saturated heterocycles. The van der Waals surface area contributed by atoms with Crippen LogP contribution >= 0.6 is 0 Å². The van der Waals surface area contributed by atoms with Gasteiger partial charge in [0.2, 0.25) is 0 Å². The van der Waals surface area contributed by atoms with E-state index in [9.17, 15) is 4.79 Å². The summed E-state index contributed by atoms with van der Waals surface area (Å²) in [6.07, 6.45) is 0.875.